The van der Waals surface area contributed by atoms with Crippen molar-refractivity contribution in [2.24, 2.45) is 0 Å². The zero-order chi connectivity index (χ0) is 17.1. The Kier molecular flexibility index (Phi) is 4.61. The van der Waals surface area contributed by atoms with Gasteiger partial charge in [0.25, 0.3) is 0 Å². The Morgan fingerprint density at radius 1 is 1.08 bits per heavy atom. The van der Waals surface area contributed by atoms with Crippen molar-refractivity contribution >= 4 is 0 Å². The van der Waals surface area contributed by atoms with E-state index >= 15 is 0 Å². The van der Waals surface area contributed by atoms with Crippen molar-refractivity contribution in [2.75, 3.05) is 7.05 Å². The molecule has 124 valence electrons. The maximum Gasteiger partial charge on any atom is 0.170 e. The first-order chi connectivity index (χ1) is 11.6. The van der Waals surface area contributed by atoms with Gasteiger partial charge in [0.05, 0.1) is 12.2 Å². The largest absolute Gasteiger partial charge is 0.292 e. The molecule has 0 saturated heterocycles. The van der Waals surface area contributed by atoms with E-state index in [1.54, 1.807) is 10.7 Å². The van der Waals surface area contributed by atoms with E-state index in [2.05, 4.69) is 15.5 Å². The lowest BCUT2D eigenvalue weighted by molar-refractivity contribution is 0.244. The summed E-state index contributed by atoms with van der Waals surface area (Å²) in [5.41, 5.74) is 1.56. The lowest BCUT2D eigenvalue weighted by Gasteiger charge is -2.24. The van der Waals surface area contributed by atoms with Crippen LogP contribution >= 0.6 is 0 Å². The number of tetrazole rings is 1. The van der Waals surface area contributed by atoms with Gasteiger partial charge in [-0.25, -0.2) is 8.78 Å². The van der Waals surface area contributed by atoms with Crippen LogP contribution in [0.2, 0.25) is 0 Å². The Balaban J connectivity index is 1.79. The molecule has 0 N–H and O–H groups in total. The van der Waals surface area contributed by atoms with E-state index in [4.69, 9.17) is 0 Å². The SMILES string of the molecule is C[C@@H](c1ccc(F)c(F)c1)N(C)Cc1nnnn1-c1ccccc1. The quantitative estimate of drug-likeness (QED) is 0.721. The van der Waals surface area contributed by atoms with Crippen molar-refractivity contribution in [1.29, 1.82) is 0 Å². The standard InChI is InChI=1S/C17H17F2N5/c1-12(13-8-9-15(18)16(19)10-13)23(2)11-17-20-21-22-24(17)14-6-4-3-5-7-14/h3-10,12H,11H2,1-2H3/t12-/m0/s1. The first-order valence-corrected chi connectivity index (χ1v) is 7.54. The minimum atomic E-state index is -0.846. The van der Waals surface area contributed by atoms with Crippen molar-refractivity contribution < 1.29 is 8.78 Å². The second-order valence-electron chi connectivity index (χ2n) is 5.61. The molecule has 1 atom stereocenters. The minimum absolute atomic E-state index is 0.124. The van der Waals surface area contributed by atoms with Gasteiger partial charge in [-0.05, 0) is 54.2 Å². The number of nitrogens with zero attached hydrogens (tertiary/aromatic N) is 5. The number of benzene rings is 2. The average molecular weight is 329 g/mol. The second kappa shape index (κ2) is 6.84. The van der Waals surface area contributed by atoms with Crippen molar-refractivity contribution in [3.05, 3.63) is 71.6 Å². The van der Waals surface area contributed by atoms with Gasteiger partial charge in [0.15, 0.2) is 17.5 Å². The fourth-order valence-electron chi connectivity index (χ4n) is 2.46. The molecule has 7 heteroatoms. The summed E-state index contributed by atoms with van der Waals surface area (Å²) in [6, 6.07) is 13.4. The minimum Gasteiger partial charge on any atom is -0.292 e. The molecule has 1 aromatic heterocycles. The summed E-state index contributed by atoms with van der Waals surface area (Å²) in [7, 11) is 1.88. The molecule has 0 saturated carbocycles. The molecular weight excluding hydrogens is 312 g/mol. The summed E-state index contributed by atoms with van der Waals surface area (Å²) in [6.07, 6.45) is 0. The molecule has 0 amide bonds. The molecule has 1 heterocycles. The van der Waals surface area contributed by atoms with Crippen LogP contribution in [0.15, 0.2) is 48.5 Å². The lowest BCUT2D eigenvalue weighted by Crippen LogP contribution is -2.24. The van der Waals surface area contributed by atoms with Gasteiger partial charge in [0, 0.05) is 6.04 Å². The monoisotopic (exact) mass is 329 g/mol. The predicted molar refractivity (Wildman–Crippen MR) is 85.4 cm³/mol. The van der Waals surface area contributed by atoms with Gasteiger partial charge in [-0.15, -0.1) is 5.10 Å². The number of hydrogen-bond donors (Lipinski definition) is 0. The molecule has 0 fully saturated rings. The van der Waals surface area contributed by atoms with Crippen LogP contribution in [0.1, 0.15) is 24.4 Å². The topological polar surface area (TPSA) is 46.8 Å². The smallest absolute Gasteiger partial charge is 0.170 e. The molecule has 5 nitrogen and oxygen atoms in total. The van der Waals surface area contributed by atoms with Crippen LogP contribution in [0.4, 0.5) is 8.78 Å². The second-order valence-corrected chi connectivity index (χ2v) is 5.61. The first-order valence-electron chi connectivity index (χ1n) is 7.54. The third kappa shape index (κ3) is 3.30. The highest BCUT2D eigenvalue weighted by atomic mass is 19.2. The fourth-order valence-corrected chi connectivity index (χ4v) is 2.46. The van der Waals surface area contributed by atoms with Gasteiger partial charge in [-0.2, -0.15) is 4.68 Å². The Hall–Kier alpha value is -2.67. The van der Waals surface area contributed by atoms with Crippen LogP contribution in [0.3, 0.4) is 0 Å². The van der Waals surface area contributed by atoms with Crippen LogP contribution in [-0.4, -0.2) is 32.2 Å². The number of aromatic nitrogens is 4. The molecule has 24 heavy (non-hydrogen) atoms. The highest BCUT2D eigenvalue weighted by Gasteiger charge is 2.17. The number of para-hydroxylation sites is 1. The molecule has 3 aromatic rings. The van der Waals surface area contributed by atoms with Crippen LogP contribution in [0.5, 0.6) is 0 Å². The molecule has 0 aliphatic carbocycles. The van der Waals surface area contributed by atoms with Gasteiger partial charge in [-0.3, -0.25) is 4.90 Å². The molecule has 0 radical (unpaired) electrons. The summed E-state index contributed by atoms with van der Waals surface area (Å²) in [6.45, 7) is 2.38. The van der Waals surface area contributed by atoms with Crippen molar-refractivity contribution in [3.8, 4) is 5.69 Å². The van der Waals surface area contributed by atoms with E-state index in [0.29, 0.717) is 17.9 Å². The number of halogens is 2. The Morgan fingerprint density at radius 2 is 1.83 bits per heavy atom. The molecule has 0 bridgehead atoms. The maximum absolute atomic E-state index is 13.4. The molecule has 3 rings (SSSR count). The highest BCUT2D eigenvalue weighted by molar-refractivity contribution is 5.30. The summed E-state index contributed by atoms with van der Waals surface area (Å²) in [4.78, 5) is 1.97. The van der Waals surface area contributed by atoms with Gasteiger partial charge in [0.1, 0.15) is 0 Å². The third-order valence-electron chi connectivity index (χ3n) is 4.01. The molecule has 2 aromatic carbocycles. The molecular formula is C17H17F2N5. The Morgan fingerprint density at radius 3 is 2.54 bits per heavy atom. The number of hydrogen-bond acceptors (Lipinski definition) is 4. The van der Waals surface area contributed by atoms with Crippen molar-refractivity contribution in [2.45, 2.75) is 19.5 Å². The average Bonchev–Trinajstić information content (AvgIpc) is 3.05. The first kappa shape index (κ1) is 16.2. The van der Waals surface area contributed by atoms with E-state index in [-0.39, 0.29) is 6.04 Å². The zero-order valence-electron chi connectivity index (χ0n) is 13.4. The number of rotatable bonds is 5. The molecule has 0 unspecified atom stereocenters. The lowest BCUT2D eigenvalue weighted by atomic mass is 10.1. The Bertz CT molecular complexity index is 819. The van der Waals surface area contributed by atoms with Gasteiger partial charge in [-0.1, -0.05) is 24.3 Å². The van der Waals surface area contributed by atoms with Gasteiger partial charge >= 0.3 is 0 Å². The van der Waals surface area contributed by atoms with Crippen LogP contribution in [0.25, 0.3) is 5.69 Å². The van der Waals surface area contributed by atoms with Gasteiger partial charge < -0.3 is 0 Å². The van der Waals surface area contributed by atoms with E-state index < -0.39 is 11.6 Å². The van der Waals surface area contributed by atoms with Crippen molar-refractivity contribution in [3.63, 3.8) is 0 Å². The molecule has 0 aliphatic rings. The van der Waals surface area contributed by atoms with Crippen molar-refractivity contribution in [1.82, 2.24) is 25.1 Å². The molecule has 0 aliphatic heterocycles. The fraction of sp³-hybridized carbons (Fsp3) is 0.235. The summed E-state index contributed by atoms with van der Waals surface area (Å²) < 4.78 is 28.2. The zero-order valence-corrected chi connectivity index (χ0v) is 13.4. The van der Waals surface area contributed by atoms with Crippen LogP contribution in [0, 0.1) is 11.6 Å². The summed E-state index contributed by atoms with van der Waals surface area (Å²) in [5, 5.41) is 11.8. The van der Waals surface area contributed by atoms with E-state index in [1.165, 1.54) is 6.07 Å². The third-order valence-corrected chi connectivity index (χ3v) is 4.01. The molecule has 0 spiro atoms. The summed E-state index contributed by atoms with van der Waals surface area (Å²) in [5.74, 6) is -1.03. The summed E-state index contributed by atoms with van der Waals surface area (Å²) >= 11 is 0. The van der Waals surface area contributed by atoms with Gasteiger partial charge in [0.2, 0.25) is 0 Å². The highest BCUT2D eigenvalue weighted by Crippen LogP contribution is 2.22. The maximum atomic E-state index is 13.4. The Labute approximate surface area is 138 Å². The van der Waals surface area contributed by atoms with E-state index in [9.17, 15) is 8.78 Å². The van der Waals surface area contributed by atoms with Crippen LogP contribution < -0.4 is 0 Å². The van der Waals surface area contributed by atoms with E-state index in [1.807, 2.05) is 49.2 Å². The normalized spacial score (nSPS) is 12.5. The van der Waals surface area contributed by atoms with Crippen LogP contribution in [-0.2, 0) is 6.54 Å². The predicted octanol–water partition coefficient (Wildman–Crippen LogP) is 3.13. The van der Waals surface area contributed by atoms with E-state index in [0.717, 1.165) is 11.8 Å².